The summed E-state index contributed by atoms with van der Waals surface area (Å²) in [4.78, 5) is 27.0. The van der Waals surface area contributed by atoms with Crippen molar-refractivity contribution in [3.8, 4) is 0 Å². The number of esters is 1. The lowest BCUT2D eigenvalue weighted by Gasteiger charge is -2.35. The number of allylic oxidation sites excluding steroid dienone is 1. The van der Waals surface area contributed by atoms with E-state index < -0.39 is 53.8 Å². The van der Waals surface area contributed by atoms with Crippen LogP contribution in [0.25, 0.3) is 0 Å². The highest BCUT2D eigenvalue weighted by atomic mass is 19.4. The first kappa shape index (κ1) is 24.4. The van der Waals surface area contributed by atoms with E-state index in [0.717, 1.165) is 29.2 Å². The van der Waals surface area contributed by atoms with Gasteiger partial charge in [0.15, 0.2) is 0 Å². The first-order valence-electron chi connectivity index (χ1n) is 10.2. The van der Waals surface area contributed by atoms with Crippen LogP contribution in [0.15, 0.2) is 53.7 Å². The molecule has 176 valence electrons. The van der Waals surface area contributed by atoms with Crippen molar-refractivity contribution in [3.63, 3.8) is 0 Å². The van der Waals surface area contributed by atoms with E-state index in [4.69, 9.17) is 4.74 Å². The van der Waals surface area contributed by atoms with Gasteiger partial charge >= 0.3 is 12.1 Å². The Morgan fingerprint density at radius 3 is 2.18 bits per heavy atom. The highest BCUT2D eigenvalue weighted by Crippen LogP contribution is 2.39. The van der Waals surface area contributed by atoms with Gasteiger partial charge in [-0.2, -0.15) is 13.2 Å². The van der Waals surface area contributed by atoms with Gasteiger partial charge in [-0.25, -0.2) is 13.6 Å². The third-order valence-electron chi connectivity index (χ3n) is 5.40. The van der Waals surface area contributed by atoms with Gasteiger partial charge in [0, 0.05) is 23.6 Å². The maximum Gasteiger partial charge on any atom is 0.416 e. The van der Waals surface area contributed by atoms with Gasteiger partial charge in [0.05, 0.1) is 23.8 Å². The van der Waals surface area contributed by atoms with E-state index >= 15 is 0 Å². The average Bonchev–Trinajstić information content (AvgIpc) is 2.71. The van der Waals surface area contributed by atoms with Crippen molar-refractivity contribution in [2.45, 2.75) is 51.9 Å². The summed E-state index contributed by atoms with van der Waals surface area (Å²) in [5.41, 5.74) is -0.695. The molecule has 0 saturated heterocycles. The van der Waals surface area contributed by atoms with Crippen LogP contribution in [0.5, 0.6) is 0 Å². The maximum atomic E-state index is 14.2. The lowest BCUT2D eigenvalue weighted by molar-refractivity contribution is -0.144. The molecule has 1 aliphatic rings. The summed E-state index contributed by atoms with van der Waals surface area (Å²) in [6, 6.07) is 7.49. The highest BCUT2D eigenvalue weighted by molar-refractivity contribution is 5.96. The smallest absolute Gasteiger partial charge is 0.416 e. The second kappa shape index (κ2) is 9.33. The van der Waals surface area contributed by atoms with Crippen LogP contribution in [-0.2, 0) is 27.0 Å². The summed E-state index contributed by atoms with van der Waals surface area (Å²) in [5.74, 6) is -3.83. The van der Waals surface area contributed by atoms with Crippen molar-refractivity contribution in [2.75, 3.05) is 0 Å². The molecule has 2 aromatic rings. The number of halogens is 5. The molecular weight excluding hydrogens is 445 g/mol. The van der Waals surface area contributed by atoms with E-state index in [1.165, 1.54) is 25.1 Å². The van der Waals surface area contributed by atoms with Crippen molar-refractivity contribution in [3.05, 3.63) is 82.1 Å². The Bertz CT molecular complexity index is 1070. The molecule has 0 aliphatic carbocycles. The fourth-order valence-electron chi connectivity index (χ4n) is 3.78. The Labute approximate surface area is 187 Å². The van der Waals surface area contributed by atoms with Gasteiger partial charge in [-0.1, -0.05) is 18.2 Å². The first-order chi connectivity index (χ1) is 15.4. The summed E-state index contributed by atoms with van der Waals surface area (Å²) >= 11 is 0. The highest BCUT2D eigenvalue weighted by Gasteiger charge is 2.38. The fraction of sp³-hybridized carbons (Fsp3) is 0.333. The van der Waals surface area contributed by atoms with Crippen LogP contribution in [0.4, 0.5) is 22.0 Å². The third-order valence-corrected chi connectivity index (χ3v) is 5.40. The van der Waals surface area contributed by atoms with Crippen LogP contribution >= 0.6 is 0 Å². The zero-order chi connectivity index (χ0) is 24.5. The summed E-state index contributed by atoms with van der Waals surface area (Å²) in [5, 5.41) is 0. The molecule has 9 heteroatoms. The number of ether oxygens (including phenoxy) is 1. The number of carbonyl (C=O) groups excluding carboxylic acids is 2. The topological polar surface area (TPSA) is 46.6 Å². The van der Waals surface area contributed by atoms with Gasteiger partial charge in [-0.15, -0.1) is 0 Å². The number of carbonyl (C=O) groups is 2. The summed E-state index contributed by atoms with van der Waals surface area (Å²) < 4.78 is 72.5. The average molecular weight is 467 g/mol. The Hall–Kier alpha value is -3.23. The van der Waals surface area contributed by atoms with Crippen LogP contribution in [0.3, 0.4) is 0 Å². The molecule has 3 rings (SSSR count). The van der Waals surface area contributed by atoms with Crippen LogP contribution < -0.4 is 0 Å². The molecular formula is C24H22F5NO3. The molecule has 1 heterocycles. The summed E-state index contributed by atoms with van der Waals surface area (Å²) in [7, 11) is 0. The number of alkyl halides is 3. The van der Waals surface area contributed by atoms with E-state index in [1.807, 2.05) is 0 Å². The first-order valence-corrected chi connectivity index (χ1v) is 10.2. The van der Waals surface area contributed by atoms with Crippen molar-refractivity contribution in [2.24, 2.45) is 0 Å². The number of amides is 1. The Morgan fingerprint density at radius 2 is 1.67 bits per heavy atom. The van der Waals surface area contributed by atoms with E-state index in [1.54, 1.807) is 13.8 Å². The lowest BCUT2D eigenvalue weighted by Crippen LogP contribution is -2.38. The lowest BCUT2D eigenvalue weighted by atomic mass is 9.83. The van der Waals surface area contributed by atoms with Gasteiger partial charge in [0.2, 0.25) is 5.91 Å². The normalized spacial score (nSPS) is 17.1. The number of nitrogens with zero attached hydrogens (tertiary/aromatic N) is 1. The Kier molecular flexibility index (Phi) is 6.90. The molecule has 1 aliphatic heterocycles. The second-order valence-corrected chi connectivity index (χ2v) is 8.01. The Morgan fingerprint density at radius 1 is 1.09 bits per heavy atom. The second-order valence-electron chi connectivity index (χ2n) is 8.01. The van der Waals surface area contributed by atoms with Crippen molar-refractivity contribution >= 4 is 11.9 Å². The molecule has 0 bridgehead atoms. The number of benzene rings is 2. The molecule has 1 amide bonds. The molecule has 4 nitrogen and oxygen atoms in total. The minimum absolute atomic E-state index is 0.0554. The predicted octanol–water partition coefficient (Wildman–Crippen LogP) is 5.73. The molecule has 2 aromatic carbocycles. The summed E-state index contributed by atoms with van der Waals surface area (Å²) in [6.07, 6.45) is -5.31. The SMILES string of the molecule is CC1=C(C(=O)OC(C)C)C(c2ccc(C(F)(F)F)cc2)CC(=O)N1Cc1c(F)cccc1F. The number of hydrogen-bond donors (Lipinski definition) is 0. The van der Waals surface area contributed by atoms with E-state index in [-0.39, 0.29) is 23.3 Å². The van der Waals surface area contributed by atoms with E-state index in [9.17, 15) is 31.5 Å². The van der Waals surface area contributed by atoms with Crippen LogP contribution in [0.2, 0.25) is 0 Å². The zero-order valence-corrected chi connectivity index (χ0v) is 18.2. The summed E-state index contributed by atoms with van der Waals surface area (Å²) in [6.45, 7) is 4.26. The zero-order valence-electron chi connectivity index (χ0n) is 18.2. The largest absolute Gasteiger partial charge is 0.460 e. The maximum absolute atomic E-state index is 14.2. The third kappa shape index (κ3) is 5.23. The van der Waals surface area contributed by atoms with Gasteiger partial charge in [0.25, 0.3) is 0 Å². The van der Waals surface area contributed by atoms with Crippen molar-refractivity contribution in [1.29, 1.82) is 0 Å². The van der Waals surface area contributed by atoms with Crippen LogP contribution in [0.1, 0.15) is 49.8 Å². The van der Waals surface area contributed by atoms with Gasteiger partial charge in [0.1, 0.15) is 11.6 Å². The Balaban J connectivity index is 2.06. The predicted molar refractivity (Wildman–Crippen MR) is 110 cm³/mol. The van der Waals surface area contributed by atoms with E-state index in [0.29, 0.717) is 5.56 Å². The van der Waals surface area contributed by atoms with Gasteiger partial charge in [-0.3, -0.25) is 4.79 Å². The number of hydrogen-bond acceptors (Lipinski definition) is 3. The molecule has 1 atom stereocenters. The molecule has 0 fully saturated rings. The molecule has 0 radical (unpaired) electrons. The molecule has 1 unspecified atom stereocenters. The van der Waals surface area contributed by atoms with Crippen LogP contribution in [-0.4, -0.2) is 22.9 Å². The number of rotatable bonds is 5. The van der Waals surface area contributed by atoms with Gasteiger partial charge < -0.3 is 9.64 Å². The van der Waals surface area contributed by atoms with Crippen molar-refractivity contribution in [1.82, 2.24) is 4.90 Å². The van der Waals surface area contributed by atoms with E-state index in [2.05, 4.69) is 0 Å². The molecule has 0 saturated carbocycles. The van der Waals surface area contributed by atoms with Crippen molar-refractivity contribution < 1.29 is 36.3 Å². The molecule has 0 N–H and O–H groups in total. The molecule has 0 spiro atoms. The molecule has 33 heavy (non-hydrogen) atoms. The minimum atomic E-state index is -4.54. The molecule has 0 aromatic heterocycles. The quantitative estimate of drug-likeness (QED) is 0.417. The fourth-order valence-corrected chi connectivity index (χ4v) is 3.78. The monoisotopic (exact) mass is 467 g/mol. The van der Waals surface area contributed by atoms with Crippen LogP contribution in [0, 0.1) is 11.6 Å². The minimum Gasteiger partial charge on any atom is -0.460 e. The standard InChI is InChI=1S/C24H22F5NO3/c1-13(2)33-23(32)22-14(3)30(12-18-19(25)5-4-6-20(18)26)21(31)11-17(22)15-7-9-16(10-8-15)24(27,28)29/h4-10,13,17H,11-12H2,1-3H3. The van der Waals surface area contributed by atoms with Gasteiger partial charge in [-0.05, 0) is 50.6 Å².